The van der Waals surface area contributed by atoms with Crippen LogP contribution < -0.4 is 15.0 Å². The van der Waals surface area contributed by atoms with Crippen LogP contribution in [0.5, 0.6) is 5.75 Å². The molecular formula is C21H20N2O5. The summed E-state index contributed by atoms with van der Waals surface area (Å²) >= 11 is 0. The Morgan fingerprint density at radius 3 is 2.68 bits per heavy atom. The number of hydrogen-bond donors (Lipinski definition) is 2. The third kappa shape index (κ3) is 3.19. The van der Waals surface area contributed by atoms with Crippen molar-refractivity contribution in [1.29, 1.82) is 0 Å². The van der Waals surface area contributed by atoms with Crippen molar-refractivity contribution in [3.05, 3.63) is 58.7 Å². The minimum atomic E-state index is -1.15. The van der Waals surface area contributed by atoms with Gasteiger partial charge in [-0.05, 0) is 53.4 Å². The third-order valence-corrected chi connectivity index (χ3v) is 5.19. The molecule has 7 heteroatoms. The number of carbonyl (C=O) groups excluding carboxylic acids is 2. The molecule has 2 amide bonds. The molecule has 0 aliphatic carbocycles. The number of anilines is 1. The lowest BCUT2D eigenvalue weighted by Crippen LogP contribution is -2.33. The molecule has 144 valence electrons. The van der Waals surface area contributed by atoms with Gasteiger partial charge in [-0.25, -0.2) is 4.79 Å². The number of amides is 2. The molecule has 1 atom stereocenters. The zero-order valence-corrected chi connectivity index (χ0v) is 15.4. The lowest BCUT2D eigenvalue weighted by Gasteiger charge is -2.17. The molecule has 0 aromatic heterocycles. The second-order valence-corrected chi connectivity index (χ2v) is 6.97. The van der Waals surface area contributed by atoms with E-state index in [1.165, 1.54) is 6.92 Å². The Balaban J connectivity index is 1.56. The maximum atomic E-state index is 12.7. The fourth-order valence-electron chi connectivity index (χ4n) is 3.76. The lowest BCUT2D eigenvalue weighted by atomic mass is 10.0. The summed E-state index contributed by atoms with van der Waals surface area (Å²) in [4.78, 5) is 37.8. The summed E-state index contributed by atoms with van der Waals surface area (Å²) in [6.45, 7) is 2.68. The monoisotopic (exact) mass is 380 g/mol. The molecule has 7 nitrogen and oxygen atoms in total. The smallest absolute Gasteiger partial charge is 0.330 e. The molecular weight excluding hydrogens is 360 g/mol. The van der Waals surface area contributed by atoms with E-state index in [0.717, 1.165) is 29.0 Å². The summed E-state index contributed by atoms with van der Waals surface area (Å²) in [7, 11) is 0. The summed E-state index contributed by atoms with van der Waals surface area (Å²) in [5.41, 5.74) is 3.54. The van der Waals surface area contributed by atoms with E-state index in [0.29, 0.717) is 30.7 Å². The Morgan fingerprint density at radius 1 is 1.11 bits per heavy atom. The molecule has 4 rings (SSSR count). The van der Waals surface area contributed by atoms with Crippen molar-refractivity contribution >= 4 is 23.5 Å². The Bertz CT molecular complexity index is 985. The van der Waals surface area contributed by atoms with Crippen LogP contribution in [0.25, 0.3) is 0 Å². The van der Waals surface area contributed by atoms with E-state index >= 15 is 0 Å². The van der Waals surface area contributed by atoms with Crippen molar-refractivity contribution in [2.24, 2.45) is 0 Å². The van der Waals surface area contributed by atoms with E-state index < -0.39 is 17.9 Å². The van der Waals surface area contributed by atoms with Gasteiger partial charge in [0, 0.05) is 31.1 Å². The van der Waals surface area contributed by atoms with Crippen LogP contribution in [0.4, 0.5) is 5.69 Å². The van der Waals surface area contributed by atoms with Crippen LogP contribution >= 0.6 is 0 Å². The summed E-state index contributed by atoms with van der Waals surface area (Å²) in [5.74, 6) is -0.875. The third-order valence-electron chi connectivity index (χ3n) is 5.19. The van der Waals surface area contributed by atoms with Gasteiger partial charge in [0.25, 0.3) is 5.91 Å². The highest BCUT2D eigenvalue weighted by molar-refractivity contribution is 5.99. The molecule has 28 heavy (non-hydrogen) atoms. The number of carboxylic acids is 1. The molecule has 0 saturated carbocycles. The van der Waals surface area contributed by atoms with Gasteiger partial charge in [0.15, 0.2) is 6.04 Å². The number of carboxylic acid groups (broad SMARTS) is 1. The van der Waals surface area contributed by atoms with E-state index in [4.69, 9.17) is 4.74 Å². The molecule has 2 aliphatic rings. The van der Waals surface area contributed by atoms with E-state index in [1.807, 2.05) is 0 Å². The number of benzene rings is 2. The van der Waals surface area contributed by atoms with Crippen molar-refractivity contribution in [1.82, 2.24) is 5.32 Å². The Kier molecular flexibility index (Phi) is 4.50. The van der Waals surface area contributed by atoms with Gasteiger partial charge in [0.2, 0.25) is 5.91 Å². The highest BCUT2D eigenvalue weighted by atomic mass is 16.5. The van der Waals surface area contributed by atoms with Crippen LogP contribution in [-0.2, 0) is 22.4 Å². The SMILES string of the molecule is CC(=O)N1CCc2cc(C(=O)NC(C(=O)O)c3ccc4c(c3)CCO4)ccc21. The Morgan fingerprint density at radius 2 is 1.93 bits per heavy atom. The Labute approximate surface area is 161 Å². The zero-order chi connectivity index (χ0) is 19.8. The largest absolute Gasteiger partial charge is 0.493 e. The summed E-state index contributed by atoms with van der Waals surface area (Å²) in [5, 5.41) is 12.2. The molecule has 2 aromatic carbocycles. The first-order valence-corrected chi connectivity index (χ1v) is 9.14. The normalized spacial score (nSPS) is 15.4. The first-order chi connectivity index (χ1) is 13.4. The topological polar surface area (TPSA) is 95.9 Å². The van der Waals surface area contributed by atoms with Crippen LogP contribution in [0, 0.1) is 0 Å². The maximum Gasteiger partial charge on any atom is 0.330 e. The van der Waals surface area contributed by atoms with Gasteiger partial charge in [-0.2, -0.15) is 0 Å². The van der Waals surface area contributed by atoms with Gasteiger partial charge >= 0.3 is 5.97 Å². The van der Waals surface area contributed by atoms with Crippen molar-refractivity contribution in [3.8, 4) is 5.75 Å². The standard InChI is InChI=1S/C21H20N2O5/c1-12(24)23-8-6-13-10-16(2-4-17(13)23)20(25)22-19(21(26)27)15-3-5-18-14(11-15)7-9-28-18/h2-5,10-11,19H,6-9H2,1H3,(H,22,25)(H,26,27). The first kappa shape index (κ1) is 18.0. The number of fused-ring (bicyclic) bond motifs is 2. The van der Waals surface area contributed by atoms with Gasteiger partial charge in [0.1, 0.15) is 5.75 Å². The molecule has 2 aliphatic heterocycles. The molecule has 0 spiro atoms. The molecule has 0 saturated heterocycles. The van der Waals surface area contributed by atoms with Crippen LogP contribution in [0.15, 0.2) is 36.4 Å². The second kappa shape index (κ2) is 6.99. The van der Waals surface area contributed by atoms with Crippen molar-refractivity contribution in [2.45, 2.75) is 25.8 Å². The number of rotatable bonds is 4. The van der Waals surface area contributed by atoms with Gasteiger partial charge in [-0.15, -0.1) is 0 Å². The molecule has 2 N–H and O–H groups in total. The van der Waals surface area contributed by atoms with E-state index in [2.05, 4.69) is 5.32 Å². The molecule has 2 heterocycles. The van der Waals surface area contributed by atoms with Crippen molar-refractivity contribution in [2.75, 3.05) is 18.1 Å². The minimum absolute atomic E-state index is 0.0394. The van der Waals surface area contributed by atoms with Crippen LogP contribution in [0.2, 0.25) is 0 Å². The van der Waals surface area contributed by atoms with E-state index in [1.54, 1.807) is 41.3 Å². The number of nitrogens with zero attached hydrogens (tertiary/aromatic N) is 1. The van der Waals surface area contributed by atoms with Gasteiger partial charge < -0.3 is 20.1 Å². The second-order valence-electron chi connectivity index (χ2n) is 6.97. The zero-order valence-electron chi connectivity index (χ0n) is 15.4. The Hall–Kier alpha value is -3.35. The fraction of sp³-hybridized carbons (Fsp3) is 0.286. The highest BCUT2D eigenvalue weighted by Crippen LogP contribution is 2.30. The number of hydrogen-bond acceptors (Lipinski definition) is 4. The summed E-state index contributed by atoms with van der Waals surface area (Å²) in [6.07, 6.45) is 1.39. The van der Waals surface area contributed by atoms with Crippen LogP contribution in [-0.4, -0.2) is 36.0 Å². The number of carbonyl (C=O) groups is 3. The molecule has 0 fully saturated rings. The van der Waals surface area contributed by atoms with Gasteiger partial charge in [-0.1, -0.05) is 6.07 Å². The average molecular weight is 380 g/mol. The summed E-state index contributed by atoms with van der Waals surface area (Å²) in [6, 6.07) is 9.10. The van der Waals surface area contributed by atoms with E-state index in [9.17, 15) is 19.5 Å². The average Bonchev–Trinajstić information content (AvgIpc) is 3.30. The van der Waals surface area contributed by atoms with E-state index in [-0.39, 0.29) is 5.91 Å². The van der Waals surface area contributed by atoms with Gasteiger partial charge in [0.05, 0.1) is 6.61 Å². The van der Waals surface area contributed by atoms with Gasteiger partial charge in [-0.3, -0.25) is 9.59 Å². The van der Waals surface area contributed by atoms with Crippen LogP contribution in [0.3, 0.4) is 0 Å². The first-order valence-electron chi connectivity index (χ1n) is 9.14. The summed E-state index contributed by atoms with van der Waals surface area (Å²) < 4.78 is 5.45. The van der Waals surface area contributed by atoms with Crippen LogP contribution in [0.1, 0.15) is 40.0 Å². The molecule has 0 bridgehead atoms. The molecule has 2 aromatic rings. The molecule has 0 radical (unpaired) electrons. The molecule has 1 unspecified atom stereocenters. The lowest BCUT2D eigenvalue weighted by molar-refractivity contribution is -0.139. The quantitative estimate of drug-likeness (QED) is 0.847. The fourth-order valence-corrected chi connectivity index (χ4v) is 3.76. The predicted octanol–water partition coefficient (Wildman–Crippen LogP) is 2.09. The number of nitrogens with one attached hydrogen (secondary N) is 1. The maximum absolute atomic E-state index is 12.7. The van der Waals surface area contributed by atoms with Crippen molar-refractivity contribution in [3.63, 3.8) is 0 Å². The van der Waals surface area contributed by atoms with Crippen molar-refractivity contribution < 1.29 is 24.2 Å². The highest BCUT2D eigenvalue weighted by Gasteiger charge is 2.27. The minimum Gasteiger partial charge on any atom is -0.493 e. The number of ether oxygens (including phenoxy) is 1. The predicted molar refractivity (Wildman–Crippen MR) is 102 cm³/mol. The number of aliphatic carboxylic acids is 1.